The average Bonchev–Trinajstić information content (AvgIpc) is 3.19. The second-order valence-electron chi connectivity index (χ2n) is 7.44. The second kappa shape index (κ2) is 10.1. The van der Waals surface area contributed by atoms with E-state index in [-0.39, 0.29) is 40.7 Å². The van der Waals surface area contributed by atoms with Gasteiger partial charge in [0.25, 0.3) is 0 Å². The summed E-state index contributed by atoms with van der Waals surface area (Å²) in [5.41, 5.74) is 0.388. The Morgan fingerprint density at radius 3 is 2.81 bits per heavy atom. The largest absolute Gasteiger partial charge is 2.00 e. The summed E-state index contributed by atoms with van der Waals surface area (Å²) in [7, 11) is 0. The van der Waals surface area contributed by atoms with Crippen molar-refractivity contribution >= 4 is 11.0 Å². The molecule has 5 nitrogen and oxygen atoms in total. The molecule has 2 aliphatic heterocycles. The van der Waals surface area contributed by atoms with E-state index >= 15 is 0 Å². The molecule has 3 aromatic rings. The maximum Gasteiger partial charge on any atom is 2.00 e. The minimum absolute atomic E-state index is 0. The predicted molar refractivity (Wildman–Crippen MR) is 106 cm³/mol. The summed E-state index contributed by atoms with van der Waals surface area (Å²) in [6.07, 6.45) is -0.536. The molecule has 1 fully saturated rings. The van der Waals surface area contributed by atoms with Crippen LogP contribution in [0, 0.1) is 18.3 Å². The number of ether oxygens (including phenoxy) is 2. The van der Waals surface area contributed by atoms with E-state index in [1.54, 1.807) is 6.07 Å². The summed E-state index contributed by atoms with van der Waals surface area (Å²) in [6, 6.07) is 10.1. The van der Waals surface area contributed by atoms with Crippen molar-refractivity contribution in [2.24, 2.45) is 0 Å². The van der Waals surface area contributed by atoms with Crippen molar-refractivity contribution < 1.29 is 44.1 Å². The van der Waals surface area contributed by atoms with Gasteiger partial charge in [-0.15, -0.1) is 29.1 Å². The van der Waals surface area contributed by atoms with Gasteiger partial charge in [0.05, 0.1) is 25.0 Å². The number of rotatable bonds is 1. The van der Waals surface area contributed by atoms with Crippen LogP contribution in [0.2, 0.25) is 0 Å². The quantitative estimate of drug-likeness (QED) is 0.315. The van der Waals surface area contributed by atoms with Gasteiger partial charge in [-0.2, -0.15) is 25.7 Å². The number of aromatic amines is 1. The molecule has 0 aliphatic carbocycles. The molecule has 4 heterocycles. The van der Waals surface area contributed by atoms with E-state index in [9.17, 15) is 17.6 Å². The first-order valence-corrected chi connectivity index (χ1v) is 9.85. The van der Waals surface area contributed by atoms with Crippen molar-refractivity contribution in [1.82, 2.24) is 14.9 Å². The minimum atomic E-state index is -4.35. The summed E-state index contributed by atoms with van der Waals surface area (Å²) in [6.45, 7) is 5.27. The number of aromatic nitrogens is 2. The molecule has 1 radical (unpaired) electrons. The molecule has 1 saturated heterocycles. The van der Waals surface area contributed by atoms with E-state index in [2.05, 4.69) is 34.3 Å². The molecule has 2 atom stereocenters. The summed E-state index contributed by atoms with van der Waals surface area (Å²) < 4.78 is 60.7. The fraction of sp³-hybridized carbons (Fsp3) is 0.364. The number of pyridine rings is 1. The second-order valence-corrected chi connectivity index (χ2v) is 7.44. The first-order chi connectivity index (χ1) is 14.8. The zero-order valence-corrected chi connectivity index (χ0v) is 18.3. The fourth-order valence-electron chi connectivity index (χ4n) is 3.61. The Morgan fingerprint density at radius 2 is 2.09 bits per heavy atom. The monoisotopic (exact) mass is 490 g/mol. The van der Waals surface area contributed by atoms with Crippen molar-refractivity contribution in [3.8, 4) is 5.75 Å². The first kappa shape index (κ1) is 24.4. The smallest absolute Gasteiger partial charge is 0.549 e. The number of hydrogen-bond acceptors (Lipinski definition) is 4. The van der Waals surface area contributed by atoms with Crippen molar-refractivity contribution in [2.45, 2.75) is 25.2 Å². The van der Waals surface area contributed by atoms with Gasteiger partial charge in [0.1, 0.15) is 5.82 Å². The first-order valence-electron chi connectivity index (χ1n) is 9.85. The van der Waals surface area contributed by atoms with Crippen molar-refractivity contribution in [3.05, 3.63) is 66.1 Å². The molecule has 1 N–H and O–H groups in total. The topological polar surface area (TPSA) is 50.4 Å². The maximum absolute atomic E-state index is 13.1. The molecule has 2 aliphatic rings. The summed E-state index contributed by atoms with van der Waals surface area (Å²) in [5, 5.41) is 0.342. The van der Waals surface area contributed by atoms with Gasteiger partial charge in [-0.3, -0.25) is 4.90 Å². The van der Waals surface area contributed by atoms with Crippen LogP contribution in [0.5, 0.6) is 5.75 Å². The Morgan fingerprint density at radius 1 is 1.28 bits per heavy atom. The van der Waals surface area contributed by atoms with Crippen LogP contribution in [0.3, 0.4) is 0 Å². The number of fused-ring (bicyclic) bond motifs is 2. The third kappa shape index (κ3) is 5.75. The molecule has 32 heavy (non-hydrogen) atoms. The number of halogens is 4. The molecule has 5 rings (SSSR count). The van der Waals surface area contributed by atoms with Crippen LogP contribution < -0.4 is 4.74 Å². The van der Waals surface area contributed by atoms with E-state index in [1.165, 1.54) is 24.4 Å². The van der Waals surface area contributed by atoms with Crippen molar-refractivity contribution in [3.63, 3.8) is 0 Å². The molecule has 1 aromatic carbocycles. The van der Waals surface area contributed by atoms with E-state index < -0.39 is 11.9 Å². The Labute approximate surface area is 193 Å². The molecular formula is C22H21F4MnN3O2. The van der Waals surface area contributed by atoms with Crippen LogP contribution in [-0.4, -0.2) is 53.3 Å². The van der Waals surface area contributed by atoms with Crippen LogP contribution in [0.25, 0.3) is 11.0 Å². The number of benzene rings is 1. The molecule has 0 bridgehead atoms. The van der Waals surface area contributed by atoms with Crippen molar-refractivity contribution in [1.29, 1.82) is 0 Å². The van der Waals surface area contributed by atoms with Gasteiger partial charge in [-0.25, -0.2) is 4.39 Å². The van der Waals surface area contributed by atoms with Gasteiger partial charge in [-0.1, -0.05) is 12.3 Å². The molecule has 10 heteroatoms. The van der Waals surface area contributed by atoms with E-state index in [0.29, 0.717) is 17.7 Å². The third-order valence-corrected chi connectivity index (χ3v) is 5.12. The number of hydrogen-bond donors (Lipinski definition) is 1. The zero-order chi connectivity index (χ0) is 22.0. The predicted octanol–water partition coefficient (Wildman–Crippen LogP) is 4.24. The Balaban J connectivity index is 0.000000184. The zero-order valence-electron chi connectivity index (χ0n) is 17.1. The summed E-state index contributed by atoms with van der Waals surface area (Å²) in [4.78, 5) is 8.26. The Kier molecular flexibility index (Phi) is 7.71. The van der Waals surface area contributed by atoms with Gasteiger partial charge in [0, 0.05) is 30.5 Å². The summed E-state index contributed by atoms with van der Waals surface area (Å²) in [5.74, 6) is 0.396. The minimum Gasteiger partial charge on any atom is -0.549 e. The van der Waals surface area contributed by atoms with Crippen LogP contribution in [0.15, 0.2) is 36.5 Å². The van der Waals surface area contributed by atoms with Crippen LogP contribution >= 0.6 is 0 Å². The molecule has 0 unspecified atom stereocenters. The third-order valence-electron chi connectivity index (χ3n) is 5.12. The molecule has 171 valence electrons. The van der Waals surface area contributed by atoms with E-state index in [4.69, 9.17) is 9.47 Å². The van der Waals surface area contributed by atoms with E-state index in [0.717, 1.165) is 31.3 Å². The number of nitrogens with zero attached hydrogens (tertiary/aromatic N) is 2. The standard InChI is InChI=1S/C14H17FNO2.C8H4F3N2.Mn/c1-10-8-16(4-5-17-10)13-6-11-2-3-12(15)7-14(11)18-9-13;9-8(10,11)6-4-5-2-1-3-12-7(5)13-6;/h2-3,6-7,10,13H,4-5,8-9H2,1H3;1,3-4H,(H,12,13);/q2*-1;+2/t10-,13-;;/m1../s1. The Bertz CT molecular complexity index is 1010. The molecule has 0 spiro atoms. The molecule has 0 amide bonds. The Hall–Kier alpha value is -2.26. The average molecular weight is 490 g/mol. The number of morpholine rings is 1. The normalized spacial score (nSPS) is 20.8. The van der Waals surface area contributed by atoms with Gasteiger partial charge >= 0.3 is 23.2 Å². The van der Waals surface area contributed by atoms with Crippen LogP contribution in [0.1, 0.15) is 18.2 Å². The number of alkyl halides is 3. The van der Waals surface area contributed by atoms with Crippen LogP contribution in [-0.2, 0) is 28.0 Å². The SMILES string of the molecule is C[C@@H]1CN([C@@H]2[CH-]c3ccc(F)cc3OC2)CCO1.FC(F)(F)c1cc2[c-]ccnc2[nH]1.[Mn+2]. The van der Waals surface area contributed by atoms with Gasteiger partial charge in [-0.05, 0) is 13.0 Å². The van der Waals surface area contributed by atoms with Gasteiger partial charge < -0.3 is 19.4 Å². The fourth-order valence-corrected chi connectivity index (χ4v) is 3.61. The maximum atomic E-state index is 13.1. The van der Waals surface area contributed by atoms with Gasteiger partial charge in [0.2, 0.25) is 0 Å². The van der Waals surface area contributed by atoms with Gasteiger partial charge in [0.15, 0.2) is 0 Å². The number of H-pyrrole nitrogens is 1. The molecular weight excluding hydrogens is 469 g/mol. The van der Waals surface area contributed by atoms with Crippen LogP contribution in [0.4, 0.5) is 17.6 Å². The van der Waals surface area contributed by atoms with Crippen molar-refractivity contribution in [2.75, 3.05) is 26.3 Å². The molecule has 2 aromatic heterocycles. The van der Waals surface area contributed by atoms with E-state index in [1.807, 2.05) is 0 Å². The number of nitrogens with one attached hydrogen (secondary N) is 1. The summed E-state index contributed by atoms with van der Waals surface area (Å²) >= 11 is 0. The molecule has 0 saturated carbocycles.